The average molecular weight is 312 g/mol. The van der Waals surface area contributed by atoms with Crippen LogP contribution in [-0.2, 0) is 16.6 Å². The van der Waals surface area contributed by atoms with Gasteiger partial charge in [-0.15, -0.1) is 0 Å². The second-order valence-corrected chi connectivity index (χ2v) is 7.99. The van der Waals surface area contributed by atoms with Gasteiger partial charge in [0.05, 0.1) is 4.90 Å². The highest BCUT2D eigenvalue weighted by atomic mass is 32.2. The minimum atomic E-state index is -3.50. The predicted molar refractivity (Wildman–Crippen MR) is 78.8 cm³/mol. The Bertz CT molecular complexity index is 621. The van der Waals surface area contributed by atoms with Gasteiger partial charge in [-0.2, -0.15) is 4.31 Å². The number of rotatable bonds is 4. The summed E-state index contributed by atoms with van der Waals surface area (Å²) < 4.78 is 40.7. The van der Waals surface area contributed by atoms with Gasteiger partial charge in [-0.05, 0) is 49.9 Å². The number of hydrogen-bond donors (Lipinski definition) is 1. The molecule has 4 nitrogen and oxygen atoms in total. The van der Waals surface area contributed by atoms with Crippen LogP contribution in [0.4, 0.5) is 4.39 Å². The van der Waals surface area contributed by atoms with Gasteiger partial charge in [0.1, 0.15) is 5.82 Å². The van der Waals surface area contributed by atoms with Crippen LogP contribution < -0.4 is 5.32 Å². The Morgan fingerprint density at radius 2 is 1.95 bits per heavy atom. The van der Waals surface area contributed by atoms with E-state index < -0.39 is 10.0 Å². The normalized spacial score (nSPS) is 26.2. The molecule has 1 aromatic carbocycles. The van der Waals surface area contributed by atoms with Crippen LogP contribution in [0.3, 0.4) is 0 Å². The molecule has 6 heteroatoms. The van der Waals surface area contributed by atoms with Crippen molar-refractivity contribution in [2.45, 2.75) is 30.7 Å². The molecule has 3 rings (SSSR count). The summed E-state index contributed by atoms with van der Waals surface area (Å²) in [7, 11) is -1.79. The summed E-state index contributed by atoms with van der Waals surface area (Å²) in [6.07, 6.45) is 3.47. The molecule has 0 bridgehead atoms. The number of benzene rings is 1. The molecule has 1 saturated heterocycles. The molecule has 1 N–H and O–H groups in total. The van der Waals surface area contributed by atoms with Gasteiger partial charge < -0.3 is 5.32 Å². The highest BCUT2D eigenvalue weighted by molar-refractivity contribution is 7.89. The third-order valence-electron chi connectivity index (χ3n) is 4.71. The van der Waals surface area contributed by atoms with Crippen molar-refractivity contribution in [1.29, 1.82) is 0 Å². The standard InChI is InChI=1S/C15H21FN2O2S/c1-17-8-13-7-14(5-6-15(13)16)21(19,20)18-9-11-3-2-4-12(11)10-18/h5-7,11-12,17H,2-4,8-10H2,1H3. The van der Waals surface area contributed by atoms with Gasteiger partial charge in [0.2, 0.25) is 10.0 Å². The first kappa shape index (κ1) is 14.9. The van der Waals surface area contributed by atoms with Crippen LogP contribution in [-0.4, -0.2) is 32.9 Å². The molecular formula is C15H21FN2O2S. The zero-order chi connectivity index (χ0) is 15.0. The summed E-state index contributed by atoms with van der Waals surface area (Å²) in [6, 6.07) is 4.07. The first-order valence-electron chi connectivity index (χ1n) is 7.45. The van der Waals surface area contributed by atoms with E-state index in [1.165, 1.54) is 24.6 Å². The van der Waals surface area contributed by atoms with Gasteiger partial charge in [0, 0.05) is 25.2 Å². The fourth-order valence-corrected chi connectivity index (χ4v) is 5.18. The molecule has 0 aromatic heterocycles. The highest BCUT2D eigenvalue weighted by Crippen LogP contribution is 2.39. The molecule has 1 saturated carbocycles. The van der Waals surface area contributed by atoms with Crippen LogP contribution in [0.15, 0.2) is 23.1 Å². The zero-order valence-electron chi connectivity index (χ0n) is 12.2. The van der Waals surface area contributed by atoms with E-state index in [1.807, 2.05) is 0 Å². The molecular weight excluding hydrogens is 291 g/mol. The van der Waals surface area contributed by atoms with Gasteiger partial charge in [-0.3, -0.25) is 0 Å². The van der Waals surface area contributed by atoms with Gasteiger partial charge in [-0.25, -0.2) is 12.8 Å². The van der Waals surface area contributed by atoms with Gasteiger partial charge in [0.15, 0.2) is 0 Å². The average Bonchev–Trinajstić information content (AvgIpc) is 3.02. The van der Waals surface area contributed by atoms with E-state index >= 15 is 0 Å². The maximum Gasteiger partial charge on any atom is 0.243 e. The molecule has 21 heavy (non-hydrogen) atoms. The van der Waals surface area contributed by atoms with Crippen molar-refractivity contribution < 1.29 is 12.8 Å². The van der Waals surface area contributed by atoms with E-state index in [9.17, 15) is 12.8 Å². The van der Waals surface area contributed by atoms with Crippen molar-refractivity contribution in [2.75, 3.05) is 20.1 Å². The monoisotopic (exact) mass is 312 g/mol. The Labute approximate surface area is 125 Å². The highest BCUT2D eigenvalue weighted by Gasteiger charge is 2.41. The second-order valence-electron chi connectivity index (χ2n) is 6.06. The molecule has 1 aliphatic carbocycles. The summed E-state index contributed by atoms with van der Waals surface area (Å²) in [6.45, 7) is 1.55. The molecule has 0 radical (unpaired) electrons. The first-order valence-corrected chi connectivity index (χ1v) is 8.89. The Balaban J connectivity index is 1.86. The van der Waals surface area contributed by atoms with Crippen molar-refractivity contribution >= 4 is 10.0 Å². The van der Waals surface area contributed by atoms with E-state index in [-0.39, 0.29) is 10.7 Å². The smallest absolute Gasteiger partial charge is 0.243 e. The van der Waals surface area contributed by atoms with Crippen LogP contribution in [0.1, 0.15) is 24.8 Å². The van der Waals surface area contributed by atoms with Gasteiger partial charge in [0.25, 0.3) is 0 Å². The summed E-state index contributed by atoms with van der Waals surface area (Å²) in [5.41, 5.74) is 0.387. The number of hydrogen-bond acceptors (Lipinski definition) is 3. The lowest BCUT2D eigenvalue weighted by Crippen LogP contribution is -2.29. The number of fused-ring (bicyclic) bond motifs is 1. The molecule has 1 aromatic rings. The number of halogens is 1. The SMILES string of the molecule is CNCc1cc(S(=O)(=O)N2CC3CCCC3C2)ccc1F. The number of sulfonamides is 1. The third-order valence-corrected chi connectivity index (χ3v) is 6.54. The molecule has 116 valence electrons. The van der Waals surface area contributed by atoms with Crippen molar-refractivity contribution in [1.82, 2.24) is 9.62 Å². The number of nitrogens with zero attached hydrogens (tertiary/aromatic N) is 1. The topological polar surface area (TPSA) is 49.4 Å². The Morgan fingerprint density at radius 1 is 1.29 bits per heavy atom. The summed E-state index contributed by atoms with van der Waals surface area (Å²) in [5, 5.41) is 2.86. The van der Waals surface area contributed by atoms with E-state index in [0.29, 0.717) is 37.0 Å². The molecule has 0 amide bonds. The maximum atomic E-state index is 13.7. The van der Waals surface area contributed by atoms with E-state index in [2.05, 4.69) is 5.32 Å². The second kappa shape index (κ2) is 5.66. The maximum absolute atomic E-state index is 13.7. The summed E-state index contributed by atoms with van der Waals surface area (Å²) in [5.74, 6) is 0.649. The van der Waals surface area contributed by atoms with Crippen LogP contribution in [0.25, 0.3) is 0 Å². The molecule has 2 atom stereocenters. The van der Waals surface area contributed by atoms with Crippen molar-refractivity contribution in [3.63, 3.8) is 0 Å². The Morgan fingerprint density at radius 3 is 2.57 bits per heavy atom. The van der Waals surface area contributed by atoms with Crippen molar-refractivity contribution in [3.8, 4) is 0 Å². The minimum Gasteiger partial charge on any atom is -0.316 e. The minimum absolute atomic E-state index is 0.203. The van der Waals surface area contributed by atoms with E-state index in [0.717, 1.165) is 12.8 Å². The number of nitrogens with one attached hydrogen (secondary N) is 1. The Hall–Kier alpha value is -0.980. The lowest BCUT2D eigenvalue weighted by molar-refractivity contribution is 0.445. The molecule has 1 aliphatic heterocycles. The van der Waals surface area contributed by atoms with Crippen LogP contribution >= 0.6 is 0 Å². The van der Waals surface area contributed by atoms with E-state index in [1.54, 1.807) is 11.4 Å². The predicted octanol–water partition coefficient (Wildman–Crippen LogP) is 1.97. The Kier molecular flexibility index (Phi) is 4.03. The molecule has 0 spiro atoms. The molecule has 2 unspecified atom stereocenters. The van der Waals surface area contributed by atoms with Crippen molar-refractivity contribution in [3.05, 3.63) is 29.6 Å². The fraction of sp³-hybridized carbons (Fsp3) is 0.600. The van der Waals surface area contributed by atoms with Crippen LogP contribution in [0, 0.1) is 17.7 Å². The van der Waals surface area contributed by atoms with Gasteiger partial charge >= 0.3 is 0 Å². The first-order chi connectivity index (χ1) is 10.0. The van der Waals surface area contributed by atoms with Gasteiger partial charge in [-0.1, -0.05) is 6.42 Å². The third kappa shape index (κ3) is 2.72. The summed E-state index contributed by atoms with van der Waals surface area (Å²) in [4.78, 5) is 0.203. The zero-order valence-corrected chi connectivity index (χ0v) is 13.0. The molecule has 2 fully saturated rings. The fourth-order valence-electron chi connectivity index (χ4n) is 3.57. The lowest BCUT2D eigenvalue weighted by Gasteiger charge is -2.18. The largest absolute Gasteiger partial charge is 0.316 e. The van der Waals surface area contributed by atoms with Crippen LogP contribution in [0.2, 0.25) is 0 Å². The van der Waals surface area contributed by atoms with Crippen LogP contribution in [0.5, 0.6) is 0 Å². The molecule has 2 aliphatic rings. The summed E-state index contributed by atoms with van der Waals surface area (Å²) >= 11 is 0. The lowest BCUT2D eigenvalue weighted by atomic mass is 10.0. The molecule has 1 heterocycles. The van der Waals surface area contributed by atoms with E-state index in [4.69, 9.17) is 0 Å². The van der Waals surface area contributed by atoms with Crippen molar-refractivity contribution in [2.24, 2.45) is 11.8 Å². The quantitative estimate of drug-likeness (QED) is 0.925.